The van der Waals surface area contributed by atoms with Gasteiger partial charge >= 0.3 is 5.97 Å². The van der Waals surface area contributed by atoms with Gasteiger partial charge in [-0.25, -0.2) is 9.18 Å². The minimum absolute atomic E-state index is 0.262. The van der Waals surface area contributed by atoms with E-state index in [0.717, 1.165) is 10.4 Å². The Morgan fingerprint density at radius 2 is 1.86 bits per heavy atom. The molecule has 0 aliphatic heterocycles. The fourth-order valence-electron chi connectivity index (χ4n) is 1.94. The summed E-state index contributed by atoms with van der Waals surface area (Å²) in [5.74, 6) is -1.27. The van der Waals surface area contributed by atoms with Crippen LogP contribution in [0.2, 0.25) is 0 Å². The number of anilines is 1. The van der Waals surface area contributed by atoms with Crippen molar-refractivity contribution < 1.29 is 18.7 Å². The summed E-state index contributed by atoms with van der Waals surface area (Å²) in [6.07, 6.45) is 0. The Kier molecular flexibility index (Phi) is 4.92. The Labute approximate surface area is 131 Å². The molecule has 1 amide bonds. The van der Waals surface area contributed by atoms with Crippen LogP contribution in [0.25, 0.3) is 0 Å². The fraction of sp³-hybridized carbons (Fsp3) is 0.250. The van der Waals surface area contributed by atoms with Crippen LogP contribution in [0.3, 0.4) is 0 Å². The molecule has 0 spiro atoms. The number of esters is 1. The molecule has 4 nitrogen and oxygen atoms in total. The minimum Gasteiger partial charge on any atom is -0.462 e. The molecule has 22 heavy (non-hydrogen) atoms. The summed E-state index contributed by atoms with van der Waals surface area (Å²) in [4.78, 5) is 25.2. The lowest BCUT2D eigenvalue weighted by atomic mass is 10.1. The number of thiophene rings is 1. The Morgan fingerprint density at radius 3 is 2.45 bits per heavy atom. The molecule has 0 aliphatic carbocycles. The number of carbonyl (C=O) groups is 2. The molecule has 0 bridgehead atoms. The van der Waals surface area contributed by atoms with E-state index in [4.69, 9.17) is 4.74 Å². The first-order valence-corrected chi connectivity index (χ1v) is 7.59. The number of halogens is 1. The van der Waals surface area contributed by atoms with Gasteiger partial charge in [0.05, 0.1) is 12.2 Å². The predicted molar refractivity (Wildman–Crippen MR) is 84.1 cm³/mol. The van der Waals surface area contributed by atoms with Crippen LogP contribution in [0.5, 0.6) is 0 Å². The van der Waals surface area contributed by atoms with Crippen LogP contribution in [0.15, 0.2) is 24.3 Å². The third-order valence-corrected chi connectivity index (χ3v) is 4.32. The van der Waals surface area contributed by atoms with E-state index in [1.165, 1.54) is 35.6 Å². The molecular formula is C16H16FNO3S. The number of rotatable bonds is 4. The number of hydrogen-bond donors (Lipinski definition) is 1. The van der Waals surface area contributed by atoms with Crippen LogP contribution >= 0.6 is 11.3 Å². The van der Waals surface area contributed by atoms with Gasteiger partial charge in [-0.2, -0.15) is 0 Å². The Bertz CT molecular complexity index is 707. The summed E-state index contributed by atoms with van der Waals surface area (Å²) >= 11 is 1.31. The van der Waals surface area contributed by atoms with E-state index in [0.29, 0.717) is 16.1 Å². The van der Waals surface area contributed by atoms with Crippen LogP contribution in [-0.2, 0) is 4.74 Å². The van der Waals surface area contributed by atoms with Crippen molar-refractivity contribution in [2.75, 3.05) is 11.9 Å². The van der Waals surface area contributed by atoms with Crippen molar-refractivity contribution in [3.05, 3.63) is 51.7 Å². The zero-order chi connectivity index (χ0) is 16.3. The highest BCUT2D eigenvalue weighted by molar-refractivity contribution is 7.16. The third-order valence-electron chi connectivity index (χ3n) is 3.20. The predicted octanol–water partition coefficient (Wildman–Crippen LogP) is 3.93. The Balaban J connectivity index is 2.29. The van der Waals surface area contributed by atoms with E-state index in [2.05, 4.69) is 5.32 Å². The second-order valence-electron chi connectivity index (χ2n) is 4.67. The number of benzene rings is 1. The van der Waals surface area contributed by atoms with E-state index in [1.807, 2.05) is 13.8 Å². The lowest BCUT2D eigenvalue weighted by Crippen LogP contribution is -2.14. The topological polar surface area (TPSA) is 55.4 Å². The monoisotopic (exact) mass is 321 g/mol. The van der Waals surface area contributed by atoms with Crippen LogP contribution in [-0.4, -0.2) is 18.5 Å². The number of hydrogen-bond acceptors (Lipinski definition) is 4. The molecule has 0 aliphatic rings. The maximum Gasteiger partial charge on any atom is 0.341 e. The van der Waals surface area contributed by atoms with Gasteiger partial charge < -0.3 is 10.1 Å². The van der Waals surface area contributed by atoms with Crippen molar-refractivity contribution >= 4 is 28.2 Å². The zero-order valence-electron chi connectivity index (χ0n) is 12.5. The number of amides is 1. The van der Waals surface area contributed by atoms with Gasteiger partial charge in [-0.05, 0) is 50.6 Å². The molecule has 0 saturated carbocycles. The molecule has 1 heterocycles. The average Bonchev–Trinajstić information content (AvgIpc) is 2.74. The highest BCUT2D eigenvalue weighted by Crippen LogP contribution is 2.33. The maximum atomic E-state index is 12.9. The van der Waals surface area contributed by atoms with E-state index < -0.39 is 17.7 Å². The molecule has 1 aromatic heterocycles. The van der Waals surface area contributed by atoms with Crippen molar-refractivity contribution in [2.24, 2.45) is 0 Å². The molecule has 116 valence electrons. The molecule has 1 aromatic carbocycles. The second kappa shape index (κ2) is 6.70. The molecule has 2 rings (SSSR count). The van der Waals surface area contributed by atoms with Gasteiger partial charge in [0.25, 0.3) is 5.91 Å². The molecule has 6 heteroatoms. The average molecular weight is 321 g/mol. The van der Waals surface area contributed by atoms with E-state index in [1.54, 1.807) is 6.92 Å². The fourth-order valence-corrected chi connectivity index (χ4v) is 2.98. The lowest BCUT2D eigenvalue weighted by Gasteiger charge is -2.07. The standard InChI is InChI=1S/C16H16FNO3S/c1-4-21-16(20)13-9(2)10(3)22-15(13)18-14(19)11-5-7-12(17)8-6-11/h5-8H,4H2,1-3H3,(H,18,19). The zero-order valence-corrected chi connectivity index (χ0v) is 13.3. The SMILES string of the molecule is CCOC(=O)c1c(NC(=O)c2ccc(F)cc2)sc(C)c1C. The van der Waals surface area contributed by atoms with E-state index in [-0.39, 0.29) is 6.61 Å². The van der Waals surface area contributed by atoms with E-state index >= 15 is 0 Å². The number of carbonyl (C=O) groups excluding carboxylic acids is 2. The summed E-state index contributed by atoms with van der Waals surface area (Å²) in [6, 6.07) is 5.21. The van der Waals surface area contributed by atoms with Crippen LogP contribution in [0.4, 0.5) is 9.39 Å². The maximum absolute atomic E-state index is 12.9. The van der Waals surface area contributed by atoms with E-state index in [9.17, 15) is 14.0 Å². The highest BCUT2D eigenvalue weighted by Gasteiger charge is 2.22. The van der Waals surface area contributed by atoms with Gasteiger partial charge in [-0.15, -0.1) is 11.3 Å². The Morgan fingerprint density at radius 1 is 1.23 bits per heavy atom. The van der Waals surface area contributed by atoms with Gasteiger partial charge in [-0.1, -0.05) is 0 Å². The van der Waals surface area contributed by atoms with Crippen molar-refractivity contribution in [3.8, 4) is 0 Å². The minimum atomic E-state index is -0.459. The molecule has 2 aromatic rings. The Hall–Kier alpha value is -2.21. The van der Waals surface area contributed by atoms with Gasteiger partial charge in [-0.3, -0.25) is 4.79 Å². The first-order chi connectivity index (χ1) is 10.4. The number of aryl methyl sites for hydroxylation is 1. The first kappa shape index (κ1) is 16.2. The quantitative estimate of drug-likeness (QED) is 0.868. The summed E-state index contributed by atoms with van der Waals surface area (Å²) in [7, 11) is 0. The molecule has 0 atom stereocenters. The van der Waals surface area contributed by atoms with Crippen molar-refractivity contribution in [3.63, 3.8) is 0 Å². The smallest absolute Gasteiger partial charge is 0.341 e. The normalized spacial score (nSPS) is 10.4. The van der Waals surface area contributed by atoms with Crippen LogP contribution in [0, 0.1) is 19.7 Å². The van der Waals surface area contributed by atoms with Crippen molar-refractivity contribution in [1.82, 2.24) is 0 Å². The van der Waals surface area contributed by atoms with Crippen LogP contribution in [0.1, 0.15) is 38.1 Å². The lowest BCUT2D eigenvalue weighted by molar-refractivity contribution is 0.0527. The molecule has 1 N–H and O–H groups in total. The molecule has 0 fully saturated rings. The van der Waals surface area contributed by atoms with Gasteiger partial charge in [0.15, 0.2) is 0 Å². The summed E-state index contributed by atoms with van der Waals surface area (Å²) < 4.78 is 17.9. The first-order valence-electron chi connectivity index (χ1n) is 6.78. The summed E-state index contributed by atoms with van der Waals surface area (Å²) in [5.41, 5.74) is 1.48. The van der Waals surface area contributed by atoms with Gasteiger partial charge in [0.1, 0.15) is 10.8 Å². The van der Waals surface area contributed by atoms with Gasteiger partial charge in [0, 0.05) is 10.4 Å². The molecule has 0 saturated heterocycles. The molecule has 0 unspecified atom stereocenters. The number of nitrogens with one attached hydrogen (secondary N) is 1. The molecular weight excluding hydrogens is 305 g/mol. The summed E-state index contributed by atoms with van der Waals surface area (Å²) in [6.45, 7) is 5.67. The summed E-state index contributed by atoms with van der Waals surface area (Å²) in [5, 5.41) is 3.15. The van der Waals surface area contributed by atoms with Crippen molar-refractivity contribution in [2.45, 2.75) is 20.8 Å². The second-order valence-corrected chi connectivity index (χ2v) is 5.89. The highest BCUT2D eigenvalue weighted by atomic mass is 32.1. The molecule has 0 radical (unpaired) electrons. The number of ether oxygens (including phenoxy) is 1. The van der Waals surface area contributed by atoms with Crippen molar-refractivity contribution in [1.29, 1.82) is 0 Å². The third kappa shape index (κ3) is 3.33. The van der Waals surface area contributed by atoms with Crippen LogP contribution < -0.4 is 5.32 Å². The largest absolute Gasteiger partial charge is 0.462 e. The van der Waals surface area contributed by atoms with Gasteiger partial charge in [0.2, 0.25) is 0 Å².